The Labute approximate surface area is 157 Å². The Hall–Kier alpha value is -0.970. The van der Waals surface area contributed by atoms with Crippen molar-refractivity contribution in [3.05, 3.63) is 23.3 Å². The molecule has 0 N–H and O–H groups in total. The fraction of sp³-hybridized carbons (Fsp3) is 0.773. The van der Waals surface area contributed by atoms with E-state index in [1.807, 2.05) is 0 Å². The lowest BCUT2D eigenvalue weighted by molar-refractivity contribution is -0.135. The highest BCUT2D eigenvalue weighted by atomic mass is 16.7. The smallest absolute Gasteiger partial charge is 0.190 e. The van der Waals surface area contributed by atoms with Crippen LogP contribution in [0.25, 0.3) is 0 Å². The van der Waals surface area contributed by atoms with Crippen LogP contribution in [0.15, 0.2) is 23.3 Å². The Balaban J connectivity index is 1.75. The maximum absolute atomic E-state index is 13.4. The van der Waals surface area contributed by atoms with Gasteiger partial charge in [-0.15, -0.1) is 0 Å². The Morgan fingerprint density at radius 2 is 1.85 bits per heavy atom. The molecule has 26 heavy (non-hydrogen) atoms. The Bertz CT molecular complexity index is 645. The first-order chi connectivity index (χ1) is 12.3. The van der Waals surface area contributed by atoms with Crippen molar-refractivity contribution in [3.63, 3.8) is 0 Å². The normalized spacial score (nSPS) is 46.5. The molecular formula is C22H32O4. The van der Waals surface area contributed by atoms with Crippen LogP contribution in [0.5, 0.6) is 0 Å². The standard InChI is InChI=1S/C22H32O4/c1-14-6-5-10-22(4)19(26-22)18(23)16-8-7-15(2)21(3,11-9-14)17(16)20-24-12-13-25-20/h6,8,15,17,19-20H,5,7,9-13H2,1-4H3/b14-6+/t15-,17-,19-,21+,22-/m1/s1. The van der Waals surface area contributed by atoms with Crippen molar-refractivity contribution in [2.24, 2.45) is 17.3 Å². The van der Waals surface area contributed by atoms with Gasteiger partial charge in [-0.05, 0) is 57.3 Å². The summed E-state index contributed by atoms with van der Waals surface area (Å²) in [6, 6.07) is 0. The first-order valence-corrected chi connectivity index (χ1v) is 10.2. The van der Waals surface area contributed by atoms with E-state index in [0.717, 1.165) is 37.7 Å². The van der Waals surface area contributed by atoms with Crippen molar-refractivity contribution < 1.29 is 19.0 Å². The molecule has 2 aliphatic carbocycles. The van der Waals surface area contributed by atoms with E-state index in [1.165, 1.54) is 5.57 Å². The molecule has 2 fully saturated rings. The summed E-state index contributed by atoms with van der Waals surface area (Å²) in [4.78, 5) is 13.4. The van der Waals surface area contributed by atoms with Gasteiger partial charge in [0.25, 0.3) is 0 Å². The number of hydrogen-bond acceptors (Lipinski definition) is 4. The molecule has 4 heteroatoms. The molecule has 0 spiro atoms. The molecule has 0 radical (unpaired) electrons. The average Bonchev–Trinajstić information content (AvgIpc) is 3.02. The molecule has 2 saturated heterocycles. The molecule has 2 heterocycles. The lowest BCUT2D eigenvalue weighted by atomic mass is 9.58. The van der Waals surface area contributed by atoms with Crippen LogP contribution in [-0.2, 0) is 19.0 Å². The molecule has 0 aromatic carbocycles. The van der Waals surface area contributed by atoms with Gasteiger partial charge in [-0.25, -0.2) is 0 Å². The van der Waals surface area contributed by atoms with Crippen LogP contribution in [0.4, 0.5) is 0 Å². The lowest BCUT2D eigenvalue weighted by Crippen LogP contribution is -2.47. The number of allylic oxidation sites excluding steroid dienone is 3. The van der Waals surface area contributed by atoms with E-state index in [1.54, 1.807) is 0 Å². The molecule has 4 nitrogen and oxygen atoms in total. The van der Waals surface area contributed by atoms with Crippen LogP contribution < -0.4 is 0 Å². The number of epoxide rings is 1. The summed E-state index contributed by atoms with van der Waals surface area (Å²) in [7, 11) is 0. The number of fused-ring (bicyclic) bond motifs is 3. The number of ketones is 1. The van der Waals surface area contributed by atoms with Crippen molar-refractivity contribution in [1.82, 2.24) is 0 Å². The summed E-state index contributed by atoms with van der Waals surface area (Å²) in [6.45, 7) is 10.2. The van der Waals surface area contributed by atoms with E-state index < -0.39 is 0 Å². The van der Waals surface area contributed by atoms with Gasteiger partial charge in [0.2, 0.25) is 0 Å². The molecular weight excluding hydrogens is 328 g/mol. The van der Waals surface area contributed by atoms with Crippen molar-refractivity contribution in [1.29, 1.82) is 0 Å². The second-order valence-electron chi connectivity index (χ2n) is 9.15. The predicted octanol–water partition coefficient (Wildman–Crippen LogP) is 4.19. The second-order valence-corrected chi connectivity index (χ2v) is 9.15. The van der Waals surface area contributed by atoms with Gasteiger partial charge in [0.05, 0.1) is 13.2 Å². The number of hydrogen-bond donors (Lipinski definition) is 0. The molecule has 0 amide bonds. The van der Waals surface area contributed by atoms with Gasteiger partial charge in [-0.2, -0.15) is 0 Å². The number of Topliss-reactive ketones (excluding diaryl/α,β-unsaturated/α-hetero) is 1. The molecule has 144 valence electrons. The topological polar surface area (TPSA) is 48.1 Å². The number of carbonyl (C=O) groups is 1. The summed E-state index contributed by atoms with van der Waals surface area (Å²) in [5.74, 6) is 0.636. The predicted molar refractivity (Wildman–Crippen MR) is 99.7 cm³/mol. The fourth-order valence-electron chi connectivity index (χ4n) is 5.13. The van der Waals surface area contributed by atoms with Gasteiger partial charge in [-0.3, -0.25) is 4.79 Å². The van der Waals surface area contributed by atoms with Crippen LogP contribution in [0.1, 0.15) is 59.8 Å². The summed E-state index contributed by atoms with van der Waals surface area (Å²) in [5.41, 5.74) is 2.01. The van der Waals surface area contributed by atoms with Crippen molar-refractivity contribution in [2.75, 3.05) is 13.2 Å². The van der Waals surface area contributed by atoms with Crippen LogP contribution in [0.3, 0.4) is 0 Å². The number of ether oxygens (including phenoxy) is 3. The first kappa shape index (κ1) is 18.4. The van der Waals surface area contributed by atoms with Gasteiger partial charge in [0, 0.05) is 11.5 Å². The van der Waals surface area contributed by atoms with E-state index in [9.17, 15) is 4.79 Å². The Kier molecular flexibility index (Phi) is 4.65. The molecule has 2 aliphatic heterocycles. The zero-order valence-corrected chi connectivity index (χ0v) is 16.5. The maximum Gasteiger partial charge on any atom is 0.190 e. The lowest BCUT2D eigenvalue weighted by Gasteiger charge is -2.48. The van der Waals surface area contributed by atoms with Gasteiger partial charge in [0.15, 0.2) is 12.1 Å². The second kappa shape index (κ2) is 6.57. The zero-order valence-electron chi connectivity index (χ0n) is 16.5. The third kappa shape index (κ3) is 3.00. The maximum atomic E-state index is 13.4. The van der Waals surface area contributed by atoms with Crippen molar-refractivity contribution in [3.8, 4) is 0 Å². The zero-order chi connectivity index (χ0) is 18.5. The molecule has 0 aromatic rings. The van der Waals surface area contributed by atoms with Gasteiger partial charge in [-0.1, -0.05) is 31.6 Å². The SMILES string of the molecule is C/C1=C\CC[C@@]2(C)O[C@@H]2C(=O)C2=CC[C@@H](C)[C@](C)(CC1)[C@H]2C1OCCO1. The first-order valence-electron chi connectivity index (χ1n) is 10.2. The van der Waals surface area contributed by atoms with E-state index >= 15 is 0 Å². The summed E-state index contributed by atoms with van der Waals surface area (Å²) >= 11 is 0. The Morgan fingerprint density at radius 1 is 1.12 bits per heavy atom. The fourth-order valence-corrected chi connectivity index (χ4v) is 5.13. The van der Waals surface area contributed by atoms with E-state index in [4.69, 9.17) is 14.2 Å². The number of rotatable bonds is 1. The third-order valence-corrected chi connectivity index (χ3v) is 7.38. The highest BCUT2D eigenvalue weighted by Crippen LogP contribution is 2.54. The molecule has 2 bridgehead atoms. The summed E-state index contributed by atoms with van der Waals surface area (Å²) in [5, 5.41) is 0. The average molecular weight is 360 g/mol. The molecule has 5 atom stereocenters. The van der Waals surface area contributed by atoms with Gasteiger partial charge < -0.3 is 14.2 Å². The molecule has 0 unspecified atom stereocenters. The molecule has 0 saturated carbocycles. The van der Waals surface area contributed by atoms with E-state index in [2.05, 4.69) is 39.8 Å². The third-order valence-electron chi connectivity index (χ3n) is 7.38. The largest absolute Gasteiger partial charge is 0.358 e. The highest BCUT2D eigenvalue weighted by Gasteiger charge is 2.59. The minimum atomic E-state index is -0.310. The Morgan fingerprint density at radius 3 is 2.58 bits per heavy atom. The molecule has 4 aliphatic rings. The summed E-state index contributed by atoms with van der Waals surface area (Å²) < 4.78 is 17.8. The van der Waals surface area contributed by atoms with E-state index in [0.29, 0.717) is 19.1 Å². The van der Waals surface area contributed by atoms with E-state index in [-0.39, 0.29) is 35.1 Å². The van der Waals surface area contributed by atoms with Crippen LogP contribution in [0, 0.1) is 17.3 Å². The van der Waals surface area contributed by atoms with Gasteiger partial charge >= 0.3 is 0 Å². The van der Waals surface area contributed by atoms with Gasteiger partial charge in [0.1, 0.15) is 11.7 Å². The summed E-state index contributed by atoms with van der Waals surface area (Å²) in [6.07, 6.45) is 8.82. The quantitative estimate of drug-likeness (QED) is 0.519. The minimum Gasteiger partial charge on any atom is -0.358 e. The van der Waals surface area contributed by atoms with Crippen LogP contribution >= 0.6 is 0 Å². The van der Waals surface area contributed by atoms with Crippen LogP contribution in [-0.4, -0.2) is 37.0 Å². The number of carbonyl (C=O) groups excluding carboxylic acids is 1. The van der Waals surface area contributed by atoms with Crippen molar-refractivity contribution >= 4 is 5.78 Å². The monoisotopic (exact) mass is 360 g/mol. The van der Waals surface area contributed by atoms with Crippen molar-refractivity contribution in [2.45, 2.75) is 77.8 Å². The molecule has 4 rings (SSSR count). The minimum absolute atomic E-state index is 0.0121. The van der Waals surface area contributed by atoms with Crippen LogP contribution in [0.2, 0.25) is 0 Å². The highest BCUT2D eigenvalue weighted by molar-refractivity contribution is 6.02. The molecule has 0 aromatic heterocycles.